The van der Waals surface area contributed by atoms with Gasteiger partial charge in [-0.05, 0) is 6.42 Å². The molecule has 1 aromatic rings. The smallest absolute Gasteiger partial charge is 0.0968 e. The maximum Gasteiger partial charge on any atom is 0.0968 e. The van der Waals surface area contributed by atoms with Gasteiger partial charge in [0.15, 0.2) is 0 Å². The van der Waals surface area contributed by atoms with E-state index in [-0.39, 0.29) is 0 Å². The molecule has 0 saturated heterocycles. The largest absolute Gasteiger partial charge is 0.330 e. The highest BCUT2D eigenvalue weighted by molar-refractivity contribution is 7.09. The second-order valence-corrected chi connectivity index (χ2v) is 3.14. The fourth-order valence-electron chi connectivity index (χ4n) is 0.878. The molecule has 1 aromatic heterocycles. The minimum Gasteiger partial charge on any atom is -0.330 e. The van der Waals surface area contributed by atoms with E-state index in [9.17, 15) is 0 Å². The summed E-state index contributed by atoms with van der Waals surface area (Å²) in [5.74, 6) is 0.472. The topological polar surface area (TPSA) is 38.9 Å². The Kier molecular flexibility index (Phi) is 2.83. The molecule has 2 N–H and O–H groups in total. The van der Waals surface area contributed by atoms with Crippen molar-refractivity contribution in [2.24, 2.45) is 5.73 Å². The Morgan fingerprint density at radius 2 is 2.60 bits per heavy atom. The molecule has 56 valence electrons. The number of nitrogens with zero attached hydrogens (tertiary/aromatic N) is 1. The monoisotopic (exact) mass is 156 g/mol. The molecule has 0 fully saturated rings. The van der Waals surface area contributed by atoms with Gasteiger partial charge in [-0.3, -0.25) is 0 Å². The summed E-state index contributed by atoms with van der Waals surface area (Å²) in [6, 6.07) is 0. The van der Waals surface area contributed by atoms with E-state index in [0.29, 0.717) is 12.5 Å². The second-order valence-electron chi connectivity index (χ2n) is 2.21. The van der Waals surface area contributed by atoms with E-state index in [1.54, 1.807) is 11.3 Å². The van der Waals surface area contributed by atoms with Crippen molar-refractivity contribution in [2.45, 2.75) is 19.3 Å². The van der Waals surface area contributed by atoms with Crippen LogP contribution in [0.25, 0.3) is 0 Å². The lowest BCUT2D eigenvalue weighted by Gasteiger charge is -2.06. The van der Waals surface area contributed by atoms with Crippen LogP contribution in [0, 0.1) is 0 Å². The van der Waals surface area contributed by atoms with Gasteiger partial charge in [-0.1, -0.05) is 6.92 Å². The van der Waals surface area contributed by atoms with E-state index in [1.165, 1.54) is 5.01 Å². The highest BCUT2D eigenvalue weighted by Crippen LogP contribution is 2.19. The highest BCUT2D eigenvalue weighted by atomic mass is 32.1. The van der Waals surface area contributed by atoms with Gasteiger partial charge in [0.05, 0.1) is 5.01 Å². The molecule has 0 aliphatic heterocycles. The number of nitrogens with two attached hydrogens (primary N) is 1. The van der Waals surface area contributed by atoms with Crippen molar-refractivity contribution < 1.29 is 0 Å². The van der Waals surface area contributed by atoms with Crippen LogP contribution in [0.15, 0.2) is 11.6 Å². The first kappa shape index (κ1) is 7.69. The maximum atomic E-state index is 5.54. The van der Waals surface area contributed by atoms with Gasteiger partial charge < -0.3 is 5.73 Å². The first-order valence-corrected chi connectivity index (χ1v) is 4.36. The molecule has 0 saturated carbocycles. The molecule has 0 spiro atoms. The average molecular weight is 156 g/mol. The van der Waals surface area contributed by atoms with Gasteiger partial charge in [-0.25, -0.2) is 4.98 Å². The molecule has 1 heterocycles. The predicted octanol–water partition coefficient (Wildman–Crippen LogP) is 1.60. The first-order chi connectivity index (χ1) is 4.88. The van der Waals surface area contributed by atoms with Crippen LogP contribution in [0.2, 0.25) is 0 Å². The molecule has 1 atom stereocenters. The van der Waals surface area contributed by atoms with E-state index in [4.69, 9.17) is 5.73 Å². The molecule has 1 rings (SSSR count). The molecule has 3 heteroatoms. The molecule has 1 unspecified atom stereocenters. The van der Waals surface area contributed by atoms with Crippen molar-refractivity contribution in [3.8, 4) is 0 Å². The third kappa shape index (κ3) is 1.55. The minimum absolute atomic E-state index is 0.472. The standard InChI is InChI=1S/C7H12N2S/c1-2-6(5-8)7-9-3-4-10-7/h3-4,6H,2,5,8H2,1H3. The summed E-state index contributed by atoms with van der Waals surface area (Å²) < 4.78 is 0. The number of hydrogen-bond donors (Lipinski definition) is 1. The van der Waals surface area contributed by atoms with Crippen molar-refractivity contribution in [3.05, 3.63) is 16.6 Å². The lowest BCUT2D eigenvalue weighted by molar-refractivity contribution is 0.669. The summed E-state index contributed by atoms with van der Waals surface area (Å²) in [6.07, 6.45) is 2.92. The zero-order valence-corrected chi connectivity index (χ0v) is 6.90. The van der Waals surface area contributed by atoms with E-state index < -0.39 is 0 Å². The molecule has 0 aliphatic carbocycles. The number of hydrogen-bond acceptors (Lipinski definition) is 3. The summed E-state index contributed by atoms with van der Waals surface area (Å²) >= 11 is 1.69. The zero-order chi connectivity index (χ0) is 7.40. The fraction of sp³-hybridized carbons (Fsp3) is 0.571. The second kappa shape index (κ2) is 3.68. The van der Waals surface area contributed by atoms with Crippen LogP contribution in [0.1, 0.15) is 24.3 Å². The summed E-state index contributed by atoms with van der Waals surface area (Å²) in [5, 5.41) is 3.16. The summed E-state index contributed by atoms with van der Waals surface area (Å²) in [5.41, 5.74) is 5.54. The Labute approximate surface area is 65.1 Å². The number of aromatic nitrogens is 1. The highest BCUT2D eigenvalue weighted by Gasteiger charge is 2.08. The normalized spacial score (nSPS) is 13.4. The van der Waals surface area contributed by atoms with Gasteiger partial charge in [0.2, 0.25) is 0 Å². The molecule has 10 heavy (non-hydrogen) atoms. The molecule has 0 bridgehead atoms. The average Bonchev–Trinajstić information content (AvgIpc) is 2.43. The van der Waals surface area contributed by atoms with Crippen LogP contribution < -0.4 is 5.73 Å². The van der Waals surface area contributed by atoms with Gasteiger partial charge in [0.1, 0.15) is 0 Å². The van der Waals surface area contributed by atoms with Crippen LogP contribution >= 0.6 is 11.3 Å². The Balaban J connectivity index is 2.64. The van der Waals surface area contributed by atoms with Crippen LogP contribution in [-0.4, -0.2) is 11.5 Å². The van der Waals surface area contributed by atoms with Gasteiger partial charge in [0, 0.05) is 24.0 Å². The molecular weight excluding hydrogens is 144 g/mol. The van der Waals surface area contributed by atoms with Crippen molar-refractivity contribution in [1.82, 2.24) is 4.98 Å². The van der Waals surface area contributed by atoms with Crippen molar-refractivity contribution in [3.63, 3.8) is 0 Å². The van der Waals surface area contributed by atoms with Crippen molar-refractivity contribution >= 4 is 11.3 Å². The van der Waals surface area contributed by atoms with E-state index in [0.717, 1.165) is 6.42 Å². The Morgan fingerprint density at radius 1 is 1.80 bits per heavy atom. The predicted molar refractivity (Wildman–Crippen MR) is 44.2 cm³/mol. The SMILES string of the molecule is CCC(CN)c1nccs1. The van der Waals surface area contributed by atoms with Crippen molar-refractivity contribution in [2.75, 3.05) is 6.54 Å². The van der Waals surface area contributed by atoms with Crippen LogP contribution in [0.5, 0.6) is 0 Å². The lowest BCUT2D eigenvalue weighted by Crippen LogP contribution is -2.10. The molecule has 2 nitrogen and oxygen atoms in total. The summed E-state index contributed by atoms with van der Waals surface area (Å²) in [7, 11) is 0. The van der Waals surface area contributed by atoms with E-state index >= 15 is 0 Å². The van der Waals surface area contributed by atoms with Gasteiger partial charge in [-0.2, -0.15) is 0 Å². The van der Waals surface area contributed by atoms with Gasteiger partial charge >= 0.3 is 0 Å². The summed E-state index contributed by atoms with van der Waals surface area (Å²) in [4.78, 5) is 4.20. The third-order valence-electron chi connectivity index (χ3n) is 1.58. The third-order valence-corrected chi connectivity index (χ3v) is 2.52. The molecule has 0 radical (unpaired) electrons. The van der Waals surface area contributed by atoms with Crippen LogP contribution in [0.4, 0.5) is 0 Å². The number of thiazole rings is 1. The Hall–Kier alpha value is -0.410. The van der Waals surface area contributed by atoms with Gasteiger partial charge in [-0.15, -0.1) is 11.3 Å². The number of rotatable bonds is 3. The summed E-state index contributed by atoms with van der Waals surface area (Å²) in [6.45, 7) is 2.85. The minimum atomic E-state index is 0.472. The Morgan fingerprint density at radius 3 is 3.00 bits per heavy atom. The van der Waals surface area contributed by atoms with E-state index in [2.05, 4.69) is 11.9 Å². The van der Waals surface area contributed by atoms with Crippen molar-refractivity contribution in [1.29, 1.82) is 0 Å². The Bertz CT molecular complexity index is 168. The zero-order valence-electron chi connectivity index (χ0n) is 6.08. The van der Waals surface area contributed by atoms with Gasteiger partial charge in [0.25, 0.3) is 0 Å². The lowest BCUT2D eigenvalue weighted by atomic mass is 10.1. The molecule has 0 amide bonds. The van der Waals surface area contributed by atoms with Crippen LogP contribution in [0.3, 0.4) is 0 Å². The maximum absolute atomic E-state index is 5.54. The first-order valence-electron chi connectivity index (χ1n) is 3.48. The molecule has 0 aromatic carbocycles. The van der Waals surface area contributed by atoms with Crippen LogP contribution in [-0.2, 0) is 0 Å². The van der Waals surface area contributed by atoms with E-state index in [1.807, 2.05) is 11.6 Å². The molecular formula is C7H12N2S. The quantitative estimate of drug-likeness (QED) is 0.722. The fourth-order valence-corrected chi connectivity index (χ4v) is 1.72. The molecule has 0 aliphatic rings.